The van der Waals surface area contributed by atoms with Crippen LogP contribution >= 0.6 is 0 Å². The standard InChI is InChI=1S/C33H62N2O7/c1-3-5-7-9-11-12-13-15-21-25-32(39)42-28(22-18-14-10-8-6-4-2)23-19-16-17-20-24-30(37)34-26-31(38)35-29(27-36)33(40)41/h28-29,36H,3-27H2,1-2H3,(H,34,37)(H,35,38)(H,40,41). The van der Waals surface area contributed by atoms with E-state index in [1.807, 2.05) is 0 Å². The van der Waals surface area contributed by atoms with Gasteiger partial charge in [-0.3, -0.25) is 14.4 Å². The summed E-state index contributed by atoms with van der Waals surface area (Å²) in [4.78, 5) is 47.1. The van der Waals surface area contributed by atoms with E-state index in [2.05, 4.69) is 24.5 Å². The molecule has 2 unspecified atom stereocenters. The zero-order chi connectivity index (χ0) is 31.3. The zero-order valence-electron chi connectivity index (χ0n) is 26.8. The summed E-state index contributed by atoms with van der Waals surface area (Å²) in [5.41, 5.74) is 0. The summed E-state index contributed by atoms with van der Waals surface area (Å²) < 4.78 is 5.91. The van der Waals surface area contributed by atoms with Crippen molar-refractivity contribution in [1.29, 1.82) is 0 Å². The summed E-state index contributed by atoms with van der Waals surface area (Å²) in [7, 11) is 0. The summed E-state index contributed by atoms with van der Waals surface area (Å²) in [5, 5.41) is 22.4. The fraction of sp³-hybridized carbons (Fsp3) is 0.879. The van der Waals surface area contributed by atoms with E-state index >= 15 is 0 Å². The first-order valence-electron chi connectivity index (χ1n) is 16.9. The first-order valence-corrected chi connectivity index (χ1v) is 16.9. The second kappa shape index (κ2) is 28.9. The summed E-state index contributed by atoms with van der Waals surface area (Å²) in [6, 6.07) is -1.38. The minimum atomic E-state index is -1.38. The van der Waals surface area contributed by atoms with Crippen LogP contribution in [-0.2, 0) is 23.9 Å². The van der Waals surface area contributed by atoms with E-state index in [0.717, 1.165) is 51.4 Å². The molecule has 246 valence electrons. The molecule has 9 heteroatoms. The molecule has 0 rings (SSSR count). The molecule has 0 heterocycles. The van der Waals surface area contributed by atoms with E-state index in [0.29, 0.717) is 12.8 Å². The van der Waals surface area contributed by atoms with Gasteiger partial charge in [-0.2, -0.15) is 0 Å². The van der Waals surface area contributed by atoms with Crippen LogP contribution in [0.2, 0.25) is 0 Å². The van der Waals surface area contributed by atoms with E-state index in [1.54, 1.807) is 0 Å². The molecule has 9 nitrogen and oxygen atoms in total. The predicted molar refractivity (Wildman–Crippen MR) is 167 cm³/mol. The highest BCUT2D eigenvalue weighted by Crippen LogP contribution is 2.18. The molecule has 42 heavy (non-hydrogen) atoms. The highest BCUT2D eigenvalue weighted by atomic mass is 16.5. The Labute approximate surface area is 255 Å². The van der Waals surface area contributed by atoms with Gasteiger partial charge in [-0.05, 0) is 38.5 Å². The number of esters is 1. The molecule has 0 aliphatic rings. The van der Waals surface area contributed by atoms with E-state index in [-0.39, 0.29) is 30.9 Å². The number of aliphatic carboxylic acids is 1. The van der Waals surface area contributed by atoms with Crippen molar-refractivity contribution >= 4 is 23.8 Å². The molecular formula is C33H62N2O7. The van der Waals surface area contributed by atoms with Gasteiger partial charge >= 0.3 is 11.9 Å². The molecule has 0 aliphatic heterocycles. The maximum absolute atomic E-state index is 12.5. The topological polar surface area (TPSA) is 142 Å². The molecule has 2 amide bonds. The van der Waals surface area contributed by atoms with Crippen LogP contribution < -0.4 is 10.6 Å². The van der Waals surface area contributed by atoms with E-state index < -0.39 is 24.5 Å². The molecule has 0 aromatic rings. The Balaban J connectivity index is 4.20. The van der Waals surface area contributed by atoms with Gasteiger partial charge in [0, 0.05) is 12.8 Å². The quantitative estimate of drug-likeness (QED) is 0.0540. The Morgan fingerprint density at radius 3 is 1.55 bits per heavy atom. The van der Waals surface area contributed by atoms with Crippen LogP contribution in [-0.4, -0.2) is 59.3 Å². The number of carboxylic acid groups (broad SMARTS) is 1. The van der Waals surface area contributed by atoms with Crippen LogP contribution in [0.1, 0.15) is 162 Å². The van der Waals surface area contributed by atoms with Crippen molar-refractivity contribution in [1.82, 2.24) is 10.6 Å². The summed E-state index contributed by atoms with van der Waals surface area (Å²) >= 11 is 0. The molecule has 0 spiro atoms. The average Bonchev–Trinajstić information content (AvgIpc) is 2.97. The zero-order valence-corrected chi connectivity index (χ0v) is 26.8. The molecular weight excluding hydrogens is 536 g/mol. The lowest BCUT2D eigenvalue weighted by atomic mass is 10.0. The third-order valence-electron chi connectivity index (χ3n) is 7.60. The highest BCUT2D eigenvalue weighted by molar-refractivity contribution is 5.87. The van der Waals surface area contributed by atoms with Crippen LogP contribution in [0.25, 0.3) is 0 Å². The maximum atomic E-state index is 12.5. The van der Waals surface area contributed by atoms with Crippen molar-refractivity contribution in [3.8, 4) is 0 Å². The molecule has 0 aromatic heterocycles. The molecule has 0 aliphatic carbocycles. The van der Waals surface area contributed by atoms with Crippen molar-refractivity contribution < 1.29 is 34.1 Å². The Hall–Kier alpha value is -2.16. The second-order valence-electron chi connectivity index (χ2n) is 11.6. The fourth-order valence-corrected chi connectivity index (χ4v) is 4.95. The largest absolute Gasteiger partial charge is 0.480 e. The van der Waals surface area contributed by atoms with Gasteiger partial charge in [0.05, 0.1) is 13.2 Å². The molecule has 0 bridgehead atoms. The lowest BCUT2D eigenvalue weighted by Crippen LogP contribution is -2.47. The smallest absolute Gasteiger partial charge is 0.328 e. The SMILES string of the molecule is CCCCCCCCCCCC(=O)OC(CCCCCCCC)CCCCCCC(=O)NCC(=O)NC(CO)C(=O)O. The lowest BCUT2D eigenvalue weighted by Gasteiger charge is -2.18. The molecule has 0 radical (unpaired) electrons. The Kier molecular flexibility index (Phi) is 27.4. The third-order valence-corrected chi connectivity index (χ3v) is 7.60. The number of hydrogen-bond acceptors (Lipinski definition) is 6. The predicted octanol–water partition coefficient (Wildman–Crippen LogP) is 6.59. The number of aliphatic hydroxyl groups excluding tert-OH is 1. The van der Waals surface area contributed by atoms with Gasteiger partial charge in [0.25, 0.3) is 0 Å². The van der Waals surface area contributed by atoms with Crippen molar-refractivity contribution in [2.24, 2.45) is 0 Å². The molecule has 0 saturated heterocycles. The Morgan fingerprint density at radius 2 is 1.07 bits per heavy atom. The molecule has 4 N–H and O–H groups in total. The number of unbranched alkanes of at least 4 members (excludes halogenated alkanes) is 16. The van der Waals surface area contributed by atoms with E-state index in [9.17, 15) is 19.2 Å². The van der Waals surface area contributed by atoms with Crippen LogP contribution in [0, 0.1) is 0 Å². The number of carbonyl (C=O) groups is 4. The van der Waals surface area contributed by atoms with Gasteiger partial charge in [0.2, 0.25) is 11.8 Å². The highest BCUT2D eigenvalue weighted by Gasteiger charge is 2.19. The number of carboxylic acids is 1. The van der Waals surface area contributed by atoms with Gasteiger partial charge in [0.1, 0.15) is 12.1 Å². The maximum Gasteiger partial charge on any atom is 0.328 e. The molecule has 0 saturated carbocycles. The van der Waals surface area contributed by atoms with Gasteiger partial charge in [0.15, 0.2) is 0 Å². The Bertz CT molecular complexity index is 702. The van der Waals surface area contributed by atoms with Crippen molar-refractivity contribution in [3.63, 3.8) is 0 Å². The number of ether oxygens (including phenoxy) is 1. The molecule has 2 atom stereocenters. The van der Waals surface area contributed by atoms with Crippen molar-refractivity contribution in [2.45, 2.75) is 174 Å². The van der Waals surface area contributed by atoms with E-state index in [4.69, 9.17) is 14.9 Å². The average molecular weight is 599 g/mol. The lowest BCUT2D eigenvalue weighted by molar-refractivity contribution is -0.150. The fourth-order valence-electron chi connectivity index (χ4n) is 4.95. The van der Waals surface area contributed by atoms with Crippen LogP contribution in [0.5, 0.6) is 0 Å². The second-order valence-corrected chi connectivity index (χ2v) is 11.6. The first kappa shape index (κ1) is 39.8. The minimum absolute atomic E-state index is 0.0300. The Morgan fingerprint density at radius 1 is 0.619 bits per heavy atom. The number of carbonyl (C=O) groups excluding carboxylic acids is 3. The number of rotatable bonds is 30. The van der Waals surface area contributed by atoms with Gasteiger partial charge in [-0.1, -0.05) is 110 Å². The molecule has 0 fully saturated rings. The number of amides is 2. The number of aliphatic hydroxyl groups is 1. The van der Waals surface area contributed by atoms with E-state index in [1.165, 1.54) is 77.0 Å². The number of hydrogen-bond donors (Lipinski definition) is 4. The monoisotopic (exact) mass is 598 g/mol. The van der Waals surface area contributed by atoms with Gasteiger partial charge in [-0.15, -0.1) is 0 Å². The summed E-state index contributed by atoms with van der Waals surface area (Å²) in [6.45, 7) is 3.41. The van der Waals surface area contributed by atoms with Crippen LogP contribution in [0.15, 0.2) is 0 Å². The normalized spacial score (nSPS) is 12.5. The first-order chi connectivity index (χ1) is 20.3. The van der Waals surface area contributed by atoms with Gasteiger partial charge in [-0.25, -0.2) is 4.79 Å². The number of nitrogens with one attached hydrogen (secondary N) is 2. The third kappa shape index (κ3) is 25.5. The summed E-state index contributed by atoms with van der Waals surface area (Å²) in [5.74, 6) is -2.33. The van der Waals surface area contributed by atoms with Gasteiger partial charge < -0.3 is 25.6 Å². The molecule has 0 aromatic carbocycles. The van der Waals surface area contributed by atoms with Crippen LogP contribution in [0.3, 0.4) is 0 Å². The minimum Gasteiger partial charge on any atom is -0.480 e. The van der Waals surface area contributed by atoms with Crippen molar-refractivity contribution in [2.75, 3.05) is 13.2 Å². The van der Waals surface area contributed by atoms with Crippen molar-refractivity contribution in [3.05, 3.63) is 0 Å². The van der Waals surface area contributed by atoms with Crippen LogP contribution in [0.4, 0.5) is 0 Å². The summed E-state index contributed by atoms with van der Waals surface area (Å²) in [6.07, 6.45) is 24.2.